The van der Waals surface area contributed by atoms with E-state index < -0.39 is 17.3 Å². The molecule has 2 N–H and O–H groups in total. The molecule has 0 aliphatic rings. The van der Waals surface area contributed by atoms with Crippen molar-refractivity contribution in [2.24, 2.45) is 5.41 Å². The average Bonchev–Trinajstić information content (AvgIpc) is 2.45. The van der Waals surface area contributed by atoms with Gasteiger partial charge in [0, 0.05) is 19.2 Å². The summed E-state index contributed by atoms with van der Waals surface area (Å²) in [6.07, 6.45) is 0. The number of carbonyl (C=O) groups is 3. The molecule has 21 heavy (non-hydrogen) atoms. The van der Waals surface area contributed by atoms with Crippen LogP contribution in [0.5, 0.6) is 0 Å². The van der Waals surface area contributed by atoms with Crippen LogP contribution in [0, 0.1) is 5.41 Å². The molecule has 0 atom stereocenters. The van der Waals surface area contributed by atoms with E-state index in [1.54, 1.807) is 30.3 Å². The Kier molecular flexibility index (Phi) is 5.46. The molecule has 0 aromatic heterocycles. The first-order valence-corrected chi connectivity index (χ1v) is 6.54. The quantitative estimate of drug-likeness (QED) is 0.818. The van der Waals surface area contributed by atoms with E-state index in [0.717, 1.165) is 0 Å². The van der Waals surface area contributed by atoms with Gasteiger partial charge in [-0.3, -0.25) is 14.4 Å². The largest absolute Gasteiger partial charge is 0.481 e. The third-order valence-corrected chi connectivity index (χ3v) is 3.05. The predicted octanol–water partition coefficient (Wildman–Crippen LogP) is 0.986. The Balaban J connectivity index is 2.52. The number of carbonyl (C=O) groups excluding carboxylic acids is 2. The van der Waals surface area contributed by atoms with Gasteiger partial charge in [0.25, 0.3) is 5.91 Å². The lowest BCUT2D eigenvalue weighted by atomic mass is 9.94. The summed E-state index contributed by atoms with van der Waals surface area (Å²) < 4.78 is 0. The number of carboxylic acids is 1. The summed E-state index contributed by atoms with van der Waals surface area (Å²) >= 11 is 0. The summed E-state index contributed by atoms with van der Waals surface area (Å²) in [6.45, 7) is 2.93. The zero-order valence-corrected chi connectivity index (χ0v) is 12.4. The van der Waals surface area contributed by atoms with Crippen molar-refractivity contribution < 1.29 is 19.5 Å². The second-order valence-corrected chi connectivity index (χ2v) is 5.49. The fraction of sp³-hybridized carbons (Fsp3) is 0.400. The van der Waals surface area contributed by atoms with E-state index in [1.807, 2.05) is 0 Å². The highest BCUT2D eigenvalue weighted by Gasteiger charge is 2.27. The van der Waals surface area contributed by atoms with Crippen molar-refractivity contribution >= 4 is 17.8 Å². The van der Waals surface area contributed by atoms with Crippen molar-refractivity contribution in [3.63, 3.8) is 0 Å². The summed E-state index contributed by atoms with van der Waals surface area (Å²) in [5.74, 6) is -1.64. The predicted molar refractivity (Wildman–Crippen MR) is 77.8 cm³/mol. The lowest BCUT2D eigenvalue weighted by molar-refractivity contribution is -0.146. The highest BCUT2D eigenvalue weighted by Crippen LogP contribution is 2.13. The van der Waals surface area contributed by atoms with E-state index in [9.17, 15) is 14.4 Å². The SMILES string of the molecule is CN(CC(=O)NCC(C)(C)C(=O)O)C(=O)c1ccccc1. The van der Waals surface area contributed by atoms with Crippen LogP contribution in [0.3, 0.4) is 0 Å². The molecule has 0 unspecified atom stereocenters. The van der Waals surface area contributed by atoms with Crippen molar-refractivity contribution in [1.29, 1.82) is 0 Å². The zero-order chi connectivity index (χ0) is 16.0. The summed E-state index contributed by atoms with van der Waals surface area (Å²) in [6, 6.07) is 8.64. The number of carboxylic acid groups (broad SMARTS) is 1. The van der Waals surface area contributed by atoms with Gasteiger partial charge >= 0.3 is 5.97 Å². The summed E-state index contributed by atoms with van der Waals surface area (Å²) in [5, 5.41) is 11.5. The maximum Gasteiger partial charge on any atom is 0.310 e. The molecule has 0 spiro atoms. The zero-order valence-electron chi connectivity index (χ0n) is 12.4. The van der Waals surface area contributed by atoms with Crippen LogP contribution in [0.1, 0.15) is 24.2 Å². The number of rotatable bonds is 6. The number of likely N-dealkylation sites (N-methyl/N-ethyl adjacent to an activating group) is 1. The maximum atomic E-state index is 12.0. The molecule has 6 heteroatoms. The molecule has 0 fully saturated rings. The van der Waals surface area contributed by atoms with Gasteiger partial charge in [0.05, 0.1) is 12.0 Å². The number of benzene rings is 1. The number of hydrogen-bond acceptors (Lipinski definition) is 3. The molecule has 0 aliphatic heterocycles. The number of nitrogens with one attached hydrogen (secondary N) is 1. The summed E-state index contributed by atoms with van der Waals surface area (Å²) in [4.78, 5) is 36.0. The van der Waals surface area contributed by atoms with E-state index in [2.05, 4.69) is 5.32 Å². The first-order chi connectivity index (χ1) is 9.74. The molecule has 114 valence electrons. The van der Waals surface area contributed by atoms with Gasteiger partial charge in [-0.2, -0.15) is 0 Å². The molecule has 0 bridgehead atoms. The lowest BCUT2D eigenvalue weighted by Gasteiger charge is -2.21. The maximum absolute atomic E-state index is 12.0. The fourth-order valence-electron chi connectivity index (χ4n) is 1.54. The number of aliphatic carboxylic acids is 1. The molecule has 1 aromatic carbocycles. The Bertz CT molecular complexity index is 526. The van der Waals surface area contributed by atoms with Crippen LogP contribution in [-0.2, 0) is 9.59 Å². The second kappa shape index (κ2) is 6.88. The highest BCUT2D eigenvalue weighted by molar-refractivity contribution is 5.96. The van der Waals surface area contributed by atoms with Gasteiger partial charge in [-0.25, -0.2) is 0 Å². The smallest absolute Gasteiger partial charge is 0.310 e. The van der Waals surface area contributed by atoms with Gasteiger partial charge in [0.1, 0.15) is 0 Å². The van der Waals surface area contributed by atoms with Crippen LogP contribution in [0.25, 0.3) is 0 Å². The van der Waals surface area contributed by atoms with Crippen LogP contribution in [-0.4, -0.2) is 47.9 Å². The second-order valence-electron chi connectivity index (χ2n) is 5.49. The molecule has 0 heterocycles. The van der Waals surface area contributed by atoms with Crippen molar-refractivity contribution in [2.45, 2.75) is 13.8 Å². The standard InChI is InChI=1S/C15H20N2O4/c1-15(2,14(20)21)10-16-12(18)9-17(3)13(19)11-7-5-4-6-8-11/h4-8H,9-10H2,1-3H3,(H,16,18)(H,20,21). The van der Waals surface area contributed by atoms with Crippen molar-refractivity contribution in [2.75, 3.05) is 20.1 Å². The van der Waals surface area contributed by atoms with Gasteiger partial charge in [-0.15, -0.1) is 0 Å². The van der Waals surface area contributed by atoms with Crippen molar-refractivity contribution in [3.8, 4) is 0 Å². The number of nitrogens with zero attached hydrogens (tertiary/aromatic N) is 1. The molecule has 1 aromatic rings. The molecule has 0 saturated carbocycles. The normalized spacial score (nSPS) is 10.8. The first-order valence-electron chi connectivity index (χ1n) is 6.54. The monoisotopic (exact) mass is 292 g/mol. The van der Waals surface area contributed by atoms with Gasteiger partial charge in [0.15, 0.2) is 0 Å². The molecule has 1 rings (SSSR count). The molecule has 0 saturated heterocycles. The van der Waals surface area contributed by atoms with Crippen LogP contribution in [0.15, 0.2) is 30.3 Å². The molecular formula is C15H20N2O4. The third-order valence-electron chi connectivity index (χ3n) is 3.05. The van der Waals surface area contributed by atoms with Crippen LogP contribution in [0.2, 0.25) is 0 Å². The van der Waals surface area contributed by atoms with Crippen molar-refractivity contribution in [3.05, 3.63) is 35.9 Å². The average molecular weight is 292 g/mol. The Morgan fingerprint density at radius 2 is 1.76 bits per heavy atom. The first kappa shape index (κ1) is 16.7. The minimum atomic E-state index is -1.04. The summed E-state index contributed by atoms with van der Waals surface area (Å²) in [5.41, 5.74) is -0.545. The topological polar surface area (TPSA) is 86.7 Å². The van der Waals surface area contributed by atoms with Gasteiger partial charge < -0.3 is 15.3 Å². The van der Waals surface area contributed by atoms with Crippen LogP contribution >= 0.6 is 0 Å². The van der Waals surface area contributed by atoms with Crippen LogP contribution in [0.4, 0.5) is 0 Å². The van der Waals surface area contributed by atoms with Gasteiger partial charge in [0.2, 0.25) is 5.91 Å². The molecular weight excluding hydrogens is 272 g/mol. The van der Waals surface area contributed by atoms with Gasteiger partial charge in [-0.05, 0) is 26.0 Å². The minimum absolute atomic E-state index is 0.00847. The number of amides is 2. The highest BCUT2D eigenvalue weighted by atomic mass is 16.4. The Labute approximate surface area is 123 Å². The molecule has 0 radical (unpaired) electrons. The number of hydrogen-bond donors (Lipinski definition) is 2. The summed E-state index contributed by atoms with van der Waals surface area (Å²) in [7, 11) is 1.53. The lowest BCUT2D eigenvalue weighted by Crippen LogP contribution is -2.43. The van der Waals surface area contributed by atoms with Crippen molar-refractivity contribution in [1.82, 2.24) is 10.2 Å². The molecule has 6 nitrogen and oxygen atoms in total. The van der Waals surface area contributed by atoms with E-state index >= 15 is 0 Å². The molecule has 2 amide bonds. The van der Waals surface area contributed by atoms with Crippen LogP contribution < -0.4 is 5.32 Å². The van der Waals surface area contributed by atoms with Gasteiger partial charge in [-0.1, -0.05) is 18.2 Å². The Morgan fingerprint density at radius 3 is 2.29 bits per heavy atom. The third kappa shape index (κ3) is 4.91. The van der Waals surface area contributed by atoms with E-state index in [0.29, 0.717) is 5.56 Å². The minimum Gasteiger partial charge on any atom is -0.481 e. The Morgan fingerprint density at radius 1 is 1.19 bits per heavy atom. The van der Waals surface area contributed by atoms with E-state index in [1.165, 1.54) is 25.8 Å². The van der Waals surface area contributed by atoms with E-state index in [4.69, 9.17) is 5.11 Å². The molecule has 0 aliphatic carbocycles. The Hall–Kier alpha value is -2.37. The fourth-order valence-corrected chi connectivity index (χ4v) is 1.54. The van der Waals surface area contributed by atoms with E-state index in [-0.39, 0.29) is 19.0 Å².